The van der Waals surface area contributed by atoms with Crippen LogP contribution in [-0.4, -0.2) is 4.92 Å². The van der Waals surface area contributed by atoms with Gasteiger partial charge in [0.1, 0.15) is 24.0 Å². The first-order valence-corrected chi connectivity index (χ1v) is 5.56. The zero-order valence-electron chi connectivity index (χ0n) is 9.95. The Morgan fingerprint density at radius 3 is 2.58 bits per heavy atom. The van der Waals surface area contributed by atoms with Crippen LogP contribution in [0.1, 0.15) is 11.1 Å². The van der Waals surface area contributed by atoms with Crippen molar-refractivity contribution in [2.45, 2.75) is 6.61 Å². The standard InChI is InChI=1S/C14H10N2O3/c15-9-12-8-13(16(17)18)6-7-14(12)19-10-11-4-2-1-3-5-11/h1-8H,10H2. The molecular formula is C14H10N2O3. The molecule has 2 aromatic carbocycles. The number of nitro benzene ring substituents is 1. The molecule has 0 aromatic heterocycles. The van der Waals surface area contributed by atoms with Crippen LogP contribution < -0.4 is 4.74 Å². The van der Waals surface area contributed by atoms with Crippen molar-refractivity contribution in [3.8, 4) is 11.8 Å². The number of non-ortho nitro benzene ring substituents is 1. The Hall–Kier alpha value is -2.87. The number of nitro groups is 1. The molecule has 0 amide bonds. The third-order valence-corrected chi connectivity index (χ3v) is 2.53. The fourth-order valence-corrected chi connectivity index (χ4v) is 1.58. The summed E-state index contributed by atoms with van der Waals surface area (Å²) < 4.78 is 5.50. The summed E-state index contributed by atoms with van der Waals surface area (Å²) >= 11 is 0. The van der Waals surface area contributed by atoms with E-state index in [1.807, 2.05) is 36.4 Å². The first kappa shape index (κ1) is 12.6. The molecule has 0 atom stereocenters. The van der Waals surface area contributed by atoms with Crippen molar-refractivity contribution in [2.75, 3.05) is 0 Å². The van der Waals surface area contributed by atoms with Gasteiger partial charge in [-0.05, 0) is 11.6 Å². The number of benzene rings is 2. The van der Waals surface area contributed by atoms with Crippen LogP contribution in [0.15, 0.2) is 48.5 Å². The molecule has 0 spiro atoms. The Morgan fingerprint density at radius 2 is 1.95 bits per heavy atom. The Morgan fingerprint density at radius 1 is 1.21 bits per heavy atom. The Kier molecular flexibility index (Phi) is 3.74. The fraction of sp³-hybridized carbons (Fsp3) is 0.0714. The van der Waals surface area contributed by atoms with Crippen molar-refractivity contribution in [3.63, 3.8) is 0 Å². The van der Waals surface area contributed by atoms with Crippen LogP contribution in [0, 0.1) is 21.4 Å². The molecule has 5 heteroatoms. The third-order valence-electron chi connectivity index (χ3n) is 2.53. The second-order valence-corrected chi connectivity index (χ2v) is 3.82. The van der Waals surface area contributed by atoms with E-state index in [1.54, 1.807) is 0 Å². The Balaban J connectivity index is 2.17. The predicted molar refractivity (Wildman–Crippen MR) is 68.6 cm³/mol. The molecule has 0 unspecified atom stereocenters. The number of ether oxygens (including phenoxy) is 1. The molecule has 0 aliphatic rings. The lowest BCUT2D eigenvalue weighted by Gasteiger charge is -2.07. The number of rotatable bonds is 4. The van der Waals surface area contributed by atoms with Gasteiger partial charge < -0.3 is 4.74 Å². The summed E-state index contributed by atoms with van der Waals surface area (Å²) in [7, 11) is 0. The predicted octanol–water partition coefficient (Wildman–Crippen LogP) is 3.05. The van der Waals surface area contributed by atoms with Gasteiger partial charge in [-0.15, -0.1) is 0 Å². The minimum atomic E-state index is -0.540. The molecule has 0 aliphatic heterocycles. The molecule has 0 aliphatic carbocycles. The van der Waals surface area contributed by atoms with Gasteiger partial charge >= 0.3 is 0 Å². The van der Waals surface area contributed by atoms with E-state index in [9.17, 15) is 10.1 Å². The van der Waals surface area contributed by atoms with Gasteiger partial charge in [0.05, 0.1) is 4.92 Å². The maximum atomic E-state index is 10.6. The number of nitriles is 1. The van der Waals surface area contributed by atoms with Gasteiger partial charge in [0.2, 0.25) is 0 Å². The highest BCUT2D eigenvalue weighted by Crippen LogP contribution is 2.24. The molecule has 0 N–H and O–H groups in total. The molecule has 0 bridgehead atoms. The lowest BCUT2D eigenvalue weighted by atomic mass is 10.2. The van der Waals surface area contributed by atoms with Gasteiger partial charge in [-0.25, -0.2) is 0 Å². The van der Waals surface area contributed by atoms with E-state index in [1.165, 1.54) is 18.2 Å². The minimum Gasteiger partial charge on any atom is -0.488 e. The summed E-state index contributed by atoms with van der Waals surface area (Å²) in [6, 6.07) is 15.3. The fourth-order valence-electron chi connectivity index (χ4n) is 1.58. The van der Waals surface area contributed by atoms with E-state index in [4.69, 9.17) is 10.00 Å². The maximum Gasteiger partial charge on any atom is 0.271 e. The van der Waals surface area contributed by atoms with Crippen LogP contribution in [-0.2, 0) is 6.61 Å². The lowest BCUT2D eigenvalue weighted by Crippen LogP contribution is -1.98. The van der Waals surface area contributed by atoms with Crippen LogP contribution in [0.2, 0.25) is 0 Å². The van der Waals surface area contributed by atoms with Crippen molar-refractivity contribution in [1.29, 1.82) is 5.26 Å². The van der Waals surface area contributed by atoms with Gasteiger partial charge in [-0.3, -0.25) is 10.1 Å². The maximum absolute atomic E-state index is 10.6. The summed E-state index contributed by atoms with van der Waals surface area (Å²) in [5.74, 6) is 0.344. The third kappa shape index (κ3) is 3.07. The molecule has 0 radical (unpaired) electrons. The summed E-state index contributed by atoms with van der Waals surface area (Å²) in [5, 5.41) is 19.6. The second-order valence-electron chi connectivity index (χ2n) is 3.82. The average Bonchev–Trinajstić information content (AvgIpc) is 2.45. The van der Waals surface area contributed by atoms with Crippen molar-refractivity contribution in [3.05, 3.63) is 69.8 Å². The van der Waals surface area contributed by atoms with Crippen LogP contribution in [0.3, 0.4) is 0 Å². The minimum absolute atomic E-state index is 0.122. The van der Waals surface area contributed by atoms with Gasteiger partial charge in [0.15, 0.2) is 0 Å². The average molecular weight is 254 g/mol. The number of hydrogen-bond acceptors (Lipinski definition) is 4. The van der Waals surface area contributed by atoms with E-state index >= 15 is 0 Å². The summed E-state index contributed by atoms with van der Waals surface area (Å²) in [5.41, 5.74) is 0.999. The first-order chi connectivity index (χ1) is 9.20. The SMILES string of the molecule is N#Cc1cc([N+](=O)[O-])ccc1OCc1ccccc1. The van der Waals surface area contributed by atoms with Gasteiger partial charge in [-0.2, -0.15) is 5.26 Å². The van der Waals surface area contributed by atoms with Crippen LogP contribution in [0.5, 0.6) is 5.75 Å². The highest BCUT2D eigenvalue weighted by molar-refractivity contribution is 5.50. The molecular weight excluding hydrogens is 244 g/mol. The van der Waals surface area contributed by atoms with Crippen LogP contribution in [0.4, 0.5) is 5.69 Å². The molecule has 2 aromatic rings. The number of hydrogen-bond donors (Lipinski definition) is 0. The first-order valence-electron chi connectivity index (χ1n) is 5.56. The Labute approximate surface area is 109 Å². The van der Waals surface area contributed by atoms with E-state index in [2.05, 4.69) is 0 Å². The molecule has 94 valence electrons. The quantitative estimate of drug-likeness (QED) is 0.620. The zero-order chi connectivity index (χ0) is 13.7. The molecule has 2 rings (SSSR count). The summed E-state index contributed by atoms with van der Waals surface area (Å²) in [6.07, 6.45) is 0. The normalized spacial score (nSPS) is 9.63. The molecule has 19 heavy (non-hydrogen) atoms. The van der Waals surface area contributed by atoms with Gasteiger partial charge in [0.25, 0.3) is 5.69 Å². The molecule has 0 fully saturated rings. The van der Waals surface area contributed by atoms with Gasteiger partial charge in [0, 0.05) is 12.1 Å². The smallest absolute Gasteiger partial charge is 0.271 e. The monoisotopic (exact) mass is 254 g/mol. The zero-order valence-corrected chi connectivity index (χ0v) is 9.95. The summed E-state index contributed by atoms with van der Waals surface area (Å²) in [4.78, 5) is 10.1. The molecule has 0 saturated heterocycles. The molecule has 0 saturated carbocycles. The van der Waals surface area contributed by atoms with E-state index < -0.39 is 4.92 Å². The van der Waals surface area contributed by atoms with E-state index in [0.29, 0.717) is 12.4 Å². The molecule has 5 nitrogen and oxygen atoms in total. The summed E-state index contributed by atoms with van der Waals surface area (Å²) in [6.45, 7) is 0.313. The number of nitrogens with zero attached hydrogens (tertiary/aromatic N) is 2. The Bertz CT molecular complexity index is 633. The van der Waals surface area contributed by atoms with Crippen molar-refractivity contribution < 1.29 is 9.66 Å². The van der Waals surface area contributed by atoms with Crippen LogP contribution in [0.25, 0.3) is 0 Å². The van der Waals surface area contributed by atoms with Crippen LogP contribution >= 0.6 is 0 Å². The van der Waals surface area contributed by atoms with E-state index in [0.717, 1.165) is 5.56 Å². The van der Waals surface area contributed by atoms with Gasteiger partial charge in [-0.1, -0.05) is 30.3 Å². The van der Waals surface area contributed by atoms with Crippen molar-refractivity contribution in [1.82, 2.24) is 0 Å². The second kappa shape index (κ2) is 5.65. The lowest BCUT2D eigenvalue weighted by molar-refractivity contribution is -0.384. The largest absolute Gasteiger partial charge is 0.488 e. The van der Waals surface area contributed by atoms with Crippen molar-refractivity contribution >= 4 is 5.69 Å². The van der Waals surface area contributed by atoms with E-state index in [-0.39, 0.29) is 11.3 Å². The highest BCUT2D eigenvalue weighted by atomic mass is 16.6. The molecule has 0 heterocycles. The highest BCUT2D eigenvalue weighted by Gasteiger charge is 2.11. The topological polar surface area (TPSA) is 76.2 Å². The van der Waals surface area contributed by atoms with Crippen molar-refractivity contribution in [2.24, 2.45) is 0 Å².